The summed E-state index contributed by atoms with van der Waals surface area (Å²) < 4.78 is 1.74. The monoisotopic (exact) mass is 299 g/mol. The van der Waals surface area contributed by atoms with Crippen molar-refractivity contribution in [3.05, 3.63) is 26.6 Å². The molecule has 0 aromatic carbocycles. The van der Waals surface area contributed by atoms with E-state index in [0.29, 0.717) is 21.8 Å². The van der Waals surface area contributed by atoms with E-state index in [9.17, 15) is 9.59 Å². The smallest absolute Gasteiger partial charge is 0.265 e. The molecule has 1 fully saturated rings. The van der Waals surface area contributed by atoms with Crippen LogP contribution >= 0.6 is 15.9 Å². The number of carbonyl (C=O) groups excluding carboxylic acids is 1. The average Bonchev–Trinajstić information content (AvgIpc) is 3.06. The Balaban J connectivity index is 2.20. The molecule has 0 atom stereocenters. The van der Waals surface area contributed by atoms with E-state index < -0.39 is 0 Å². The number of nitrogens with two attached hydrogens (primary N) is 1. The molecular weight excluding hydrogens is 286 g/mol. The van der Waals surface area contributed by atoms with Crippen LogP contribution < -0.4 is 16.6 Å². The van der Waals surface area contributed by atoms with Gasteiger partial charge in [-0.2, -0.15) is 0 Å². The second kappa shape index (κ2) is 4.52. The van der Waals surface area contributed by atoms with E-state index in [1.54, 1.807) is 6.92 Å². The van der Waals surface area contributed by atoms with Crippen molar-refractivity contribution in [2.75, 3.05) is 5.73 Å². The van der Waals surface area contributed by atoms with Gasteiger partial charge in [0, 0.05) is 12.2 Å². The molecule has 0 unspecified atom stereocenters. The first-order chi connectivity index (χ1) is 7.99. The highest BCUT2D eigenvalue weighted by molar-refractivity contribution is 9.10. The summed E-state index contributed by atoms with van der Waals surface area (Å²) in [6, 6.07) is 0.296. The molecule has 0 aliphatic heterocycles. The number of hydrogen-bond donors (Lipinski definition) is 2. The van der Waals surface area contributed by atoms with Crippen molar-refractivity contribution in [2.45, 2.75) is 32.4 Å². The third-order valence-electron chi connectivity index (χ3n) is 2.76. The Morgan fingerprint density at radius 3 is 2.88 bits per heavy atom. The van der Waals surface area contributed by atoms with E-state index in [1.807, 2.05) is 0 Å². The molecule has 6 heteroatoms. The number of pyridine rings is 1. The predicted molar refractivity (Wildman–Crippen MR) is 68.7 cm³/mol. The average molecular weight is 300 g/mol. The number of nitrogen functional groups attached to an aromatic ring is 1. The first-order valence-electron chi connectivity index (χ1n) is 5.43. The van der Waals surface area contributed by atoms with E-state index in [0.717, 1.165) is 12.8 Å². The second-order valence-electron chi connectivity index (χ2n) is 4.30. The maximum absolute atomic E-state index is 11.9. The van der Waals surface area contributed by atoms with Crippen LogP contribution in [-0.2, 0) is 11.3 Å². The number of nitrogens with zero attached hydrogens (tertiary/aromatic N) is 1. The Morgan fingerprint density at radius 2 is 2.29 bits per heavy atom. The Morgan fingerprint density at radius 1 is 1.65 bits per heavy atom. The molecule has 1 aliphatic carbocycles. The SMILES string of the molecule is Cc1c(N)cn(CC(=O)NC2CC2)c(=O)c1Br. The van der Waals surface area contributed by atoms with Gasteiger partial charge in [-0.1, -0.05) is 0 Å². The van der Waals surface area contributed by atoms with Crippen LogP contribution in [0.5, 0.6) is 0 Å². The van der Waals surface area contributed by atoms with E-state index in [2.05, 4.69) is 21.2 Å². The molecule has 0 spiro atoms. The van der Waals surface area contributed by atoms with Gasteiger partial charge in [0.25, 0.3) is 5.56 Å². The molecule has 1 heterocycles. The van der Waals surface area contributed by atoms with Gasteiger partial charge in [-0.3, -0.25) is 9.59 Å². The van der Waals surface area contributed by atoms with Crippen LogP contribution in [0.1, 0.15) is 18.4 Å². The summed E-state index contributed by atoms with van der Waals surface area (Å²) in [4.78, 5) is 23.5. The van der Waals surface area contributed by atoms with Crippen LogP contribution in [0.2, 0.25) is 0 Å². The highest BCUT2D eigenvalue weighted by atomic mass is 79.9. The van der Waals surface area contributed by atoms with Crippen molar-refractivity contribution in [1.29, 1.82) is 0 Å². The zero-order chi connectivity index (χ0) is 12.6. The van der Waals surface area contributed by atoms with E-state index in [4.69, 9.17) is 5.73 Å². The van der Waals surface area contributed by atoms with Gasteiger partial charge in [-0.05, 0) is 41.3 Å². The lowest BCUT2D eigenvalue weighted by Crippen LogP contribution is -2.34. The van der Waals surface area contributed by atoms with Crippen LogP contribution in [-0.4, -0.2) is 16.5 Å². The summed E-state index contributed by atoms with van der Waals surface area (Å²) in [5.41, 5.74) is 6.72. The molecule has 0 radical (unpaired) electrons. The highest BCUT2D eigenvalue weighted by Gasteiger charge is 2.23. The maximum Gasteiger partial charge on any atom is 0.265 e. The Labute approximate surface area is 107 Å². The minimum absolute atomic E-state index is 0.0123. The van der Waals surface area contributed by atoms with Gasteiger partial charge >= 0.3 is 0 Å². The lowest BCUT2D eigenvalue weighted by molar-refractivity contribution is -0.121. The molecule has 1 aromatic rings. The Bertz CT molecular complexity index is 520. The standard InChI is InChI=1S/C11H14BrN3O2/c1-6-8(13)4-15(11(17)10(6)12)5-9(16)14-7-2-3-7/h4,7H,2-3,5,13H2,1H3,(H,14,16). The zero-order valence-corrected chi connectivity index (χ0v) is 11.1. The zero-order valence-electron chi connectivity index (χ0n) is 9.50. The fourth-order valence-electron chi connectivity index (χ4n) is 1.51. The summed E-state index contributed by atoms with van der Waals surface area (Å²) in [6.45, 7) is 1.77. The number of aromatic nitrogens is 1. The molecule has 5 nitrogen and oxygen atoms in total. The van der Waals surface area contributed by atoms with Gasteiger partial charge in [0.1, 0.15) is 6.54 Å². The molecule has 1 amide bonds. The first kappa shape index (κ1) is 12.2. The number of hydrogen-bond acceptors (Lipinski definition) is 3. The third-order valence-corrected chi connectivity index (χ3v) is 3.70. The molecule has 1 aromatic heterocycles. The van der Waals surface area contributed by atoms with Crippen molar-refractivity contribution in [1.82, 2.24) is 9.88 Å². The van der Waals surface area contributed by atoms with Crippen LogP contribution in [0, 0.1) is 6.92 Å². The lowest BCUT2D eigenvalue weighted by atomic mass is 10.2. The topological polar surface area (TPSA) is 77.1 Å². The molecule has 0 saturated heterocycles. The van der Waals surface area contributed by atoms with Gasteiger partial charge in [-0.25, -0.2) is 0 Å². The summed E-state index contributed by atoms with van der Waals surface area (Å²) in [5.74, 6) is -0.148. The van der Waals surface area contributed by atoms with E-state index in [1.165, 1.54) is 10.8 Å². The molecule has 2 rings (SSSR count). The molecule has 3 N–H and O–H groups in total. The molecule has 17 heavy (non-hydrogen) atoms. The van der Waals surface area contributed by atoms with Gasteiger partial charge in [-0.15, -0.1) is 0 Å². The lowest BCUT2D eigenvalue weighted by Gasteiger charge is -2.10. The third kappa shape index (κ3) is 2.69. The van der Waals surface area contributed by atoms with Crippen LogP contribution in [0.4, 0.5) is 5.69 Å². The largest absolute Gasteiger partial charge is 0.397 e. The molecular formula is C11H14BrN3O2. The predicted octanol–water partition coefficient (Wildman–Crippen LogP) is 0.780. The van der Waals surface area contributed by atoms with Gasteiger partial charge in [0.15, 0.2) is 0 Å². The van der Waals surface area contributed by atoms with Crippen molar-refractivity contribution in [3.63, 3.8) is 0 Å². The van der Waals surface area contributed by atoms with Crippen molar-refractivity contribution in [2.24, 2.45) is 0 Å². The molecule has 1 aliphatic rings. The number of halogens is 1. The fourth-order valence-corrected chi connectivity index (χ4v) is 1.97. The van der Waals surface area contributed by atoms with Gasteiger partial charge < -0.3 is 15.6 Å². The summed E-state index contributed by atoms with van der Waals surface area (Å²) in [5, 5.41) is 2.83. The number of rotatable bonds is 3. The molecule has 0 bridgehead atoms. The van der Waals surface area contributed by atoms with Crippen LogP contribution in [0.15, 0.2) is 15.5 Å². The number of nitrogens with one attached hydrogen (secondary N) is 1. The Kier molecular flexibility index (Phi) is 3.24. The highest BCUT2D eigenvalue weighted by Crippen LogP contribution is 2.19. The quantitative estimate of drug-likeness (QED) is 0.866. The summed E-state index contributed by atoms with van der Waals surface area (Å²) >= 11 is 3.19. The van der Waals surface area contributed by atoms with Gasteiger partial charge in [0.2, 0.25) is 5.91 Å². The second-order valence-corrected chi connectivity index (χ2v) is 5.09. The summed E-state index contributed by atoms with van der Waals surface area (Å²) in [6.07, 6.45) is 3.57. The van der Waals surface area contributed by atoms with Crippen molar-refractivity contribution < 1.29 is 4.79 Å². The van der Waals surface area contributed by atoms with E-state index >= 15 is 0 Å². The molecule has 92 valence electrons. The number of carbonyl (C=O) groups is 1. The maximum atomic E-state index is 11.9. The molecule has 1 saturated carbocycles. The minimum Gasteiger partial charge on any atom is -0.397 e. The number of anilines is 1. The normalized spacial score (nSPS) is 14.7. The van der Waals surface area contributed by atoms with E-state index in [-0.39, 0.29) is 18.0 Å². The minimum atomic E-state index is -0.234. The van der Waals surface area contributed by atoms with Crippen molar-refractivity contribution in [3.8, 4) is 0 Å². The fraction of sp³-hybridized carbons (Fsp3) is 0.455. The summed E-state index contributed by atoms with van der Waals surface area (Å²) in [7, 11) is 0. The first-order valence-corrected chi connectivity index (χ1v) is 6.22. The van der Waals surface area contributed by atoms with Gasteiger partial charge in [0.05, 0.1) is 10.2 Å². The van der Waals surface area contributed by atoms with Crippen molar-refractivity contribution >= 4 is 27.5 Å². The van der Waals surface area contributed by atoms with Crippen LogP contribution in [0.3, 0.4) is 0 Å². The van der Waals surface area contributed by atoms with Crippen LogP contribution in [0.25, 0.3) is 0 Å². The number of amides is 1. The Hall–Kier alpha value is -1.30.